The van der Waals surface area contributed by atoms with Gasteiger partial charge in [-0.05, 0) is 36.4 Å². The second kappa shape index (κ2) is 24.8. The fourth-order valence-corrected chi connectivity index (χ4v) is 4.37. The number of rotatable bonds is 24. The first kappa shape index (κ1) is 47.4. The SMILES string of the molecule is C=CCOC(=O)NCCOCCOCCC(=O)NC(COC(=O)Oc1ccc([N+](=O)[O-])cc1)(COC(=O)Oc1ccc([N+](=O)[O-])cc1)COC(=O)Oc1ccc([N+](=O)[O-])cc1. The van der Waals surface area contributed by atoms with Crippen LogP contribution < -0.4 is 24.8 Å². The van der Waals surface area contributed by atoms with Crippen LogP contribution in [-0.2, 0) is 33.2 Å². The van der Waals surface area contributed by atoms with Crippen molar-refractivity contribution in [2.75, 3.05) is 59.4 Å². The molecule has 25 heteroatoms. The molecule has 2 N–H and O–H groups in total. The molecular formula is C36H37N5O20. The van der Waals surface area contributed by atoms with Crippen LogP contribution in [0.5, 0.6) is 17.2 Å². The Morgan fingerprint density at radius 2 is 0.951 bits per heavy atom. The van der Waals surface area contributed by atoms with Crippen molar-refractivity contribution in [1.29, 1.82) is 0 Å². The third-order valence-electron chi connectivity index (χ3n) is 7.24. The van der Waals surface area contributed by atoms with E-state index < -0.39 is 70.6 Å². The number of carbonyl (C=O) groups excluding carboxylic acids is 5. The molecule has 3 rings (SSSR count). The molecule has 0 saturated carbocycles. The standard InChI is InChI=1S/C36H37N5O20/c1-2-17-55-32(43)37-16-19-54-21-20-53-18-15-31(42)38-36(22-56-33(44)59-28-9-3-25(4-10-28)39(47)48,23-57-34(45)60-29-11-5-26(6-12-29)40(49)50)24-58-35(46)61-30-13-7-27(8-14-30)41(51)52/h2-14H,1,15-24H2,(H,37,43)(H,38,42). The van der Waals surface area contributed by atoms with E-state index in [0.29, 0.717) is 0 Å². The Morgan fingerprint density at radius 3 is 1.31 bits per heavy atom. The molecule has 25 nitrogen and oxygen atoms in total. The molecule has 0 unspecified atom stereocenters. The van der Waals surface area contributed by atoms with Crippen molar-refractivity contribution < 1.29 is 81.4 Å². The zero-order valence-corrected chi connectivity index (χ0v) is 31.8. The van der Waals surface area contributed by atoms with E-state index in [1.54, 1.807) is 0 Å². The zero-order chi connectivity index (χ0) is 44.6. The van der Waals surface area contributed by atoms with Gasteiger partial charge in [-0.3, -0.25) is 35.1 Å². The second-order valence-corrected chi connectivity index (χ2v) is 11.8. The molecule has 0 saturated heterocycles. The maximum atomic E-state index is 13.3. The lowest BCUT2D eigenvalue weighted by atomic mass is 10.0. The van der Waals surface area contributed by atoms with Crippen LogP contribution in [-0.4, -0.2) is 110 Å². The molecule has 3 aromatic rings. The van der Waals surface area contributed by atoms with Crippen molar-refractivity contribution in [1.82, 2.24) is 10.6 Å². The van der Waals surface area contributed by atoms with Gasteiger partial charge in [0.15, 0.2) is 0 Å². The Bertz CT molecular complexity index is 1810. The Balaban J connectivity index is 1.74. The van der Waals surface area contributed by atoms with Gasteiger partial charge in [0.05, 0.1) is 41.2 Å². The average Bonchev–Trinajstić information content (AvgIpc) is 3.23. The largest absolute Gasteiger partial charge is 0.513 e. The number of nitro groups is 3. The van der Waals surface area contributed by atoms with E-state index in [0.717, 1.165) is 72.8 Å². The first-order valence-electron chi connectivity index (χ1n) is 17.4. The van der Waals surface area contributed by atoms with Gasteiger partial charge in [0.25, 0.3) is 17.1 Å². The summed E-state index contributed by atoms with van der Waals surface area (Å²) < 4.78 is 46.2. The van der Waals surface area contributed by atoms with Crippen LogP contribution in [0.4, 0.5) is 36.2 Å². The van der Waals surface area contributed by atoms with Crippen LogP contribution in [0.3, 0.4) is 0 Å². The van der Waals surface area contributed by atoms with Gasteiger partial charge in [-0.15, -0.1) is 0 Å². The summed E-state index contributed by atoms with van der Waals surface area (Å²) in [4.78, 5) is 93.9. The Hall–Kier alpha value is -7.93. The highest BCUT2D eigenvalue weighted by Gasteiger charge is 2.39. The van der Waals surface area contributed by atoms with Gasteiger partial charge in [0, 0.05) is 49.4 Å². The molecule has 0 fully saturated rings. The van der Waals surface area contributed by atoms with Crippen molar-refractivity contribution in [2.24, 2.45) is 0 Å². The summed E-state index contributed by atoms with van der Waals surface area (Å²) in [6, 6.07) is 12.8. The smallest absolute Gasteiger partial charge is 0.445 e. The minimum atomic E-state index is -2.16. The van der Waals surface area contributed by atoms with Crippen molar-refractivity contribution in [3.8, 4) is 17.2 Å². The van der Waals surface area contributed by atoms with Gasteiger partial charge in [-0.25, -0.2) is 19.2 Å². The van der Waals surface area contributed by atoms with Crippen molar-refractivity contribution >= 4 is 47.5 Å². The molecule has 0 aliphatic rings. The minimum Gasteiger partial charge on any atom is -0.445 e. The van der Waals surface area contributed by atoms with Gasteiger partial charge in [-0.2, -0.15) is 0 Å². The third-order valence-corrected chi connectivity index (χ3v) is 7.24. The first-order valence-corrected chi connectivity index (χ1v) is 17.4. The summed E-state index contributed by atoms with van der Waals surface area (Å²) in [7, 11) is 0. The number of hydrogen-bond acceptors (Lipinski definition) is 20. The van der Waals surface area contributed by atoms with E-state index >= 15 is 0 Å². The normalized spacial score (nSPS) is 10.6. The molecule has 0 aliphatic heterocycles. The van der Waals surface area contributed by atoms with Crippen molar-refractivity contribution in [2.45, 2.75) is 12.0 Å². The minimum absolute atomic E-state index is 0.00607. The molecule has 2 amide bonds. The summed E-state index contributed by atoms with van der Waals surface area (Å²) in [6.45, 7) is 0.700. The van der Waals surface area contributed by atoms with Crippen molar-refractivity contribution in [3.63, 3.8) is 0 Å². The fourth-order valence-electron chi connectivity index (χ4n) is 4.37. The lowest BCUT2D eigenvalue weighted by molar-refractivity contribution is -0.385. The number of nitro benzene ring substituents is 3. The highest BCUT2D eigenvalue weighted by atomic mass is 16.7. The van der Waals surface area contributed by atoms with Gasteiger partial charge in [-0.1, -0.05) is 12.7 Å². The molecule has 0 bridgehead atoms. The lowest BCUT2D eigenvalue weighted by Crippen LogP contribution is -2.59. The molecule has 0 spiro atoms. The van der Waals surface area contributed by atoms with Gasteiger partial charge in [0.2, 0.25) is 5.91 Å². The second-order valence-electron chi connectivity index (χ2n) is 11.8. The van der Waals surface area contributed by atoms with Crippen LogP contribution in [0.2, 0.25) is 0 Å². The van der Waals surface area contributed by atoms with Crippen LogP contribution in [0, 0.1) is 30.3 Å². The quantitative estimate of drug-likeness (QED) is 0.0237. The number of alkyl carbamates (subject to hydrolysis) is 1. The summed E-state index contributed by atoms with van der Waals surface area (Å²) in [5.41, 5.74) is -3.10. The van der Waals surface area contributed by atoms with Crippen LogP contribution in [0.25, 0.3) is 0 Å². The zero-order valence-electron chi connectivity index (χ0n) is 31.8. The average molecular weight is 860 g/mol. The van der Waals surface area contributed by atoms with Crippen LogP contribution in [0.15, 0.2) is 85.5 Å². The summed E-state index contributed by atoms with van der Waals surface area (Å²) in [5, 5.41) is 37.9. The first-order chi connectivity index (χ1) is 29.2. The van der Waals surface area contributed by atoms with E-state index in [2.05, 4.69) is 17.2 Å². The molecule has 61 heavy (non-hydrogen) atoms. The summed E-state index contributed by atoms with van der Waals surface area (Å²) in [5.74, 6) is -1.42. The van der Waals surface area contributed by atoms with E-state index in [1.807, 2.05) is 0 Å². The predicted molar refractivity (Wildman–Crippen MR) is 202 cm³/mol. The van der Waals surface area contributed by atoms with E-state index in [9.17, 15) is 54.3 Å². The molecule has 326 valence electrons. The maximum Gasteiger partial charge on any atom is 0.513 e. The molecule has 0 atom stereocenters. The number of amides is 2. The number of non-ortho nitro benzene ring substituents is 3. The third kappa shape index (κ3) is 18.0. The van der Waals surface area contributed by atoms with Crippen molar-refractivity contribution in [3.05, 3.63) is 116 Å². The fraction of sp³-hybridized carbons (Fsp3) is 0.306. The van der Waals surface area contributed by atoms with E-state index in [4.69, 9.17) is 42.6 Å². The Labute approximate surface area is 343 Å². The Kier molecular flexibility index (Phi) is 19.3. The van der Waals surface area contributed by atoms with Gasteiger partial charge >= 0.3 is 24.6 Å². The number of ether oxygens (including phenoxy) is 9. The molecule has 0 radical (unpaired) electrons. The lowest BCUT2D eigenvalue weighted by Gasteiger charge is -2.32. The molecule has 0 aliphatic carbocycles. The molecule has 0 heterocycles. The topological polar surface area (TPSA) is 322 Å². The molecular weight excluding hydrogens is 822 g/mol. The van der Waals surface area contributed by atoms with Gasteiger partial charge in [0.1, 0.15) is 49.2 Å². The van der Waals surface area contributed by atoms with Crippen LogP contribution >= 0.6 is 0 Å². The monoisotopic (exact) mass is 859 g/mol. The number of benzene rings is 3. The van der Waals surface area contributed by atoms with Gasteiger partial charge < -0.3 is 53.3 Å². The maximum absolute atomic E-state index is 13.3. The highest BCUT2D eigenvalue weighted by molar-refractivity contribution is 5.77. The van der Waals surface area contributed by atoms with E-state index in [-0.39, 0.29) is 80.3 Å². The number of nitrogens with one attached hydrogen (secondary N) is 2. The molecule has 3 aromatic carbocycles. The van der Waals surface area contributed by atoms with E-state index in [1.165, 1.54) is 6.08 Å². The number of nitrogens with zero attached hydrogens (tertiary/aromatic N) is 3. The highest BCUT2D eigenvalue weighted by Crippen LogP contribution is 2.21. The predicted octanol–water partition coefficient (Wildman–Crippen LogP) is 4.55. The number of carbonyl (C=O) groups is 5. The molecule has 0 aromatic heterocycles. The van der Waals surface area contributed by atoms with Crippen LogP contribution in [0.1, 0.15) is 6.42 Å². The summed E-state index contributed by atoms with van der Waals surface area (Å²) >= 11 is 0. The number of hydrogen-bond donors (Lipinski definition) is 2. The Morgan fingerprint density at radius 1 is 0.574 bits per heavy atom. The summed E-state index contributed by atoms with van der Waals surface area (Å²) in [6.07, 6.45) is -3.93.